The number of likely N-dealkylation sites (N-methyl/N-ethyl adjacent to an activating group) is 1. The van der Waals surface area contributed by atoms with Gasteiger partial charge in [0.1, 0.15) is 0 Å². The van der Waals surface area contributed by atoms with Crippen LogP contribution in [0.1, 0.15) is 18.4 Å². The van der Waals surface area contributed by atoms with Crippen LogP contribution in [-0.2, 0) is 6.42 Å². The van der Waals surface area contributed by atoms with Gasteiger partial charge in [-0.15, -0.1) is 0 Å². The highest BCUT2D eigenvalue weighted by molar-refractivity contribution is 6.31. The third-order valence-corrected chi connectivity index (χ3v) is 4.11. The molecular formula is C15H24ClN3. The van der Waals surface area contributed by atoms with Crippen LogP contribution < -0.4 is 10.6 Å². The van der Waals surface area contributed by atoms with Crippen molar-refractivity contribution in [3.05, 3.63) is 28.8 Å². The van der Waals surface area contributed by atoms with Crippen LogP contribution in [0.4, 0.5) is 5.69 Å². The predicted octanol–water partition coefficient (Wildman–Crippen LogP) is 2.37. The second-order valence-electron chi connectivity index (χ2n) is 5.53. The zero-order valence-corrected chi connectivity index (χ0v) is 12.7. The van der Waals surface area contributed by atoms with Crippen molar-refractivity contribution in [1.29, 1.82) is 0 Å². The molecule has 1 heterocycles. The molecule has 1 aromatic carbocycles. The molecule has 19 heavy (non-hydrogen) atoms. The van der Waals surface area contributed by atoms with E-state index in [1.54, 1.807) is 0 Å². The molecule has 106 valence electrons. The van der Waals surface area contributed by atoms with Crippen molar-refractivity contribution in [3.8, 4) is 0 Å². The average molecular weight is 282 g/mol. The highest BCUT2D eigenvalue weighted by Crippen LogP contribution is 2.33. The van der Waals surface area contributed by atoms with E-state index in [0.29, 0.717) is 12.6 Å². The van der Waals surface area contributed by atoms with Crippen LogP contribution >= 0.6 is 11.6 Å². The van der Waals surface area contributed by atoms with E-state index in [2.05, 4.69) is 30.0 Å². The Bertz CT molecular complexity index is 420. The fourth-order valence-electron chi connectivity index (χ4n) is 2.97. The van der Waals surface area contributed by atoms with Gasteiger partial charge in [-0.3, -0.25) is 0 Å². The average Bonchev–Trinajstić information content (AvgIpc) is 2.79. The van der Waals surface area contributed by atoms with Crippen LogP contribution in [-0.4, -0.2) is 44.7 Å². The first-order valence-electron chi connectivity index (χ1n) is 7.02. The number of benzene rings is 1. The van der Waals surface area contributed by atoms with Crippen molar-refractivity contribution >= 4 is 17.3 Å². The van der Waals surface area contributed by atoms with Crippen LogP contribution in [0.15, 0.2) is 18.2 Å². The fourth-order valence-corrected chi connectivity index (χ4v) is 3.24. The third kappa shape index (κ3) is 3.41. The minimum atomic E-state index is 0.588. The van der Waals surface area contributed by atoms with E-state index < -0.39 is 0 Å². The van der Waals surface area contributed by atoms with E-state index in [-0.39, 0.29) is 0 Å². The molecule has 1 unspecified atom stereocenters. The van der Waals surface area contributed by atoms with E-state index >= 15 is 0 Å². The lowest BCUT2D eigenvalue weighted by molar-refractivity contribution is 0.372. The minimum absolute atomic E-state index is 0.588. The van der Waals surface area contributed by atoms with Crippen LogP contribution in [0.3, 0.4) is 0 Å². The molecule has 1 aliphatic heterocycles. The SMILES string of the molecule is CN(C)CC1CCCN1c1cccc(Cl)c1CCN. The largest absolute Gasteiger partial charge is 0.367 e. The summed E-state index contributed by atoms with van der Waals surface area (Å²) >= 11 is 6.35. The Morgan fingerprint density at radius 1 is 1.42 bits per heavy atom. The number of hydrogen-bond donors (Lipinski definition) is 1. The number of halogens is 1. The Hall–Kier alpha value is -0.770. The van der Waals surface area contributed by atoms with Crippen molar-refractivity contribution < 1.29 is 0 Å². The summed E-state index contributed by atoms with van der Waals surface area (Å²) in [5.74, 6) is 0. The normalized spacial score (nSPS) is 19.4. The highest BCUT2D eigenvalue weighted by atomic mass is 35.5. The van der Waals surface area contributed by atoms with Gasteiger partial charge in [0.05, 0.1) is 0 Å². The number of hydrogen-bond acceptors (Lipinski definition) is 3. The standard InChI is InChI=1S/C15H24ClN3/c1-18(2)11-12-5-4-10-19(12)15-7-3-6-14(16)13(15)8-9-17/h3,6-7,12H,4-5,8-11,17H2,1-2H3. The quantitative estimate of drug-likeness (QED) is 0.899. The van der Waals surface area contributed by atoms with Gasteiger partial charge < -0.3 is 15.5 Å². The Morgan fingerprint density at radius 3 is 2.89 bits per heavy atom. The Kier molecular flexibility index (Phi) is 5.08. The van der Waals surface area contributed by atoms with Gasteiger partial charge in [0, 0.05) is 29.8 Å². The lowest BCUT2D eigenvalue weighted by Gasteiger charge is -2.31. The molecular weight excluding hydrogens is 258 g/mol. The molecule has 0 aromatic heterocycles. The molecule has 0 radical (unpaired) electrons. The Balaban J connectivity index is 2.27. The molecule has 2 N–H and O–H groups in total. The summed E-state index contributed by atoms with van der Waals surface area (Å²) in [5, 5.41) is 0.846. The van der Waals surface area contributed by atoms with Crippen LogP contribution in [0.5, 0.6) is 0 Å². The molecule has 4 heteroatoms. The van der Waals surface area contributed by atoms with Crippen molar-refractivity contribution in [2.24, 2.45) is 5.73 Å². The molecule has 0 spiro atoms. The second kappa shape index (κ2) is 6.60. The lowest BCUT2D eigenvalue weighted by Crippen LogP contribution is -2.38. The maximum atomic E-state index is 6.35. The van der Waals surface area contributed by atoms with Gasteiger partial charge in [0.2, 0.25) is 0 Å². The van der Waals surface area contributed by atoms with E-state index in [1.807, 2.05) is 12.1 Å². The minimum Gasteiger partial charge on any atom is -0.367 e. The van der Waals surface area contributed by atoms with Crippen molar-refractivity contribution in [2.75, 3.05) is 38.6 Å². The maximum absolute atomic E-state index is 6.35. The van der Waals surface area contributed by atoms with Gasteiger partial charge in [0.15, 0.2) is 0 Å². The highest BCUT2D eigenvalue weighted by Gasteiger charge is 2.27. The Labute approximate surface area is 121 Å². The summed E-state index contributed by atoms with van der Waals surface area (Å²) in [4.78, 5) is 4.77. The van der Waals surface area contributed by atoms with E-state index in [1.165, 1.54) is 24.1 Å². The predicted molar refractivity (Wildman–Crippen MR) is 83.1 cm³/mol. The molecule has 0 amide bonds. The molecule has 0 bridgehead atoms. The van der Waals surface area contributed by atoms with Gasteiger partial charge in [-0.05, 0) is 57.6 Å². The van der Waals surface area contributed by atoms with Gasteiger partial charge in [-0.2, -0.15) is 0 Å². The summed E-state index contributed by atoms with van der Waals surface area (Å²) in [6.07, 6.45) is 3.36. The number of nitrogens with two attached hydrogens (primary N) is 1. The molecule has 2 rings (SSSR count). The maximum Gasteiger partial charge on any atom is 0.0459 e. The number of anilines is 1. The first-order chi connectivity index (χ1) is 9.13. The van der Waals surface area contributed by atoms with Crippen molar-refractivity contribution in [1.82, 2.24) is 4.90 Å². The topological polar surface area (TPSA) is 32.5 Å². The molecule has 1 atom stereocenters. The fraction of sp³-hybridized carbons (Fsp3) is 0.600. The summed E-state index contributed by atoms with van der Waals surface area (Å²) in [5.41, 5.74) is 8.21. The zero-order valence-electron chi connectivity index (χ0n) is 11.9. The zero-order chi connectivity index (χ0) is 13.8. The van der Waals surface area contributed by atoms with E-state index in [4.69, 9.17) is 17.3 Å². The van der Waals surface area contributed by atoms with Gasteiger partial charge in [0.25, 0.3) is 0 Å². The van der Waals surface area contributed by atoms with Crippen LogP contribution in [0.2, 0.25) is 5.02 Å². The van der Waals surface area contributed by atoms with Gasteiger partial charge in [-0.1, -0.05) is 17.7 Å². The third-order valence-electron chi connectivity index (χ3n) is 3.75. The summed E-state index contributed by atoms with van der Waals surface area (Å²) < 4.78 is 0. The number of nitrogens with zero attached hydrogens (tertiary/aromatic N) is 2. The second-order valence-corrected chi connectivity index (χ2v) is 5.94. The first kappa shape index (κ1) is 14.6. The van der Waals surface area contributed by atoms with Gasteiger partial charge in [-0.25, -0.2) is 0 Å². The van der Waals surface area contributed by atoms with E-state index in [0.717, 1.165) is 24.5 Å². The summed E-state index contributed by atoms with van der Waals surface area (Å²) in [6, 6.07) is 6.78. The summed E-state index contributed by atoms with van der Waals surface area (Å²) in [6.45, 7) is 2.86. The first-order valence-corrected chi connectivity index (χ1v) is 7.40. The van der Waals surface area contributed by atoms with Crippen molar-refractivity contribution in [3.63, 3.8) is 0 Å². The Morgan fingerprint density at radius 2 is 2.21 bits per heavy atom. The molecule has 3 nitrogen and oxygen atoms in total. The van der Waals surface area contributed by atoms with Crippen LogP contribution in [0, 0.1) is 0 Å². The van der Waals surface area contributed by atoms with E-state index in [9.17, 15) is 0 Å². The molecule has 1 aliphatic rings. The lowest BCUT2D eigenvalue weighted by atomic mass is 10.1. The van der Waals surface area contributed by atoms with Crippen molar-refractivity contribution in [2.45, 2.75) is 25.3 Å². The molecule has 1 saturated heterocycles. The number of rotatable bonds is 5. The molecule has 0 aliphatic carbocycles. The molecule has 1 fully saturated rings. The summed E-state index contributed by atoms with van der Waals surface area (Å²) in [7, 11) is 4.27. The van der Waals surface area contributed by atoms with Crippen LogP contribution in [0.25, 0.3) is 0 Å². The molecule has 1 aromatic rings. The molecule has 0 saturated carbocycles. The van der Waals surface area contributed by atoms with Gasteiger partial charge >= 0.3 is 0 Å². The monoisotopic (exact) mass is 281 g/mol. The smallest absolute Gasteiger partial charge is 0.0459 e.